The maximum Gasteiger partial charge on any atom is 0.316 e. The Balaban J connectivity index is 1.53. The summed E-state index contributed by atoms with van der Waals surface area (Å²) in [6.45, 7) is 2.85. The molecule has 5 atom stereocenters. The highest BCUT2D eigenvalue weighted by Gasteiger charge is 2.40. The third-order valence-electron chi connectivity index (χ3n) is 6.09. The summed E-state index contributed by atoms with van der Waals surface area (Å²) in [4.78, 5) is 9.04. The molecular formula is C23H30ClN3O. The smallest absolute Gasteiger partial charge is 0.316 e. The van der Waals surface area contributed by atoms with Crippen LogP contribution in [0.1, 0.15) is 45.4 Å². The number of unbranched alkanes of at least 4 members (excludes halogenated alkanes) is 3. The van der Waals surface area contributed by atoms with Crippen LogP contribution in [0.5, 0.6) is 0 Å². The van der Waals surface area contributed by atoms with E-state index in [2.05, 4.69) is 59.8 Å². The van der Waals surface area contributed by atoms with Gasteiger partial charge in [0.1, 0.15) is 5.84 Å². The van der Waals surface area contributed by atoms with Crippen molar-refractivity contribution in [2.75, 3.05) is 6.61 Å². The minimum atomic E-state index is -0.531. The highest BCUT2D eigenvalue weighted by atomic mass is 35.5. The van der Waals surface area contributed by atoms with Gasteiger partial charge in [-0.25, -0.2) is 0 Å². The molecule has 0 saturated heterocycles. The Morgan fingerprint density at radius 3 is 2.93 bits per heavy atom. The summed E-state index contributed by atoms with van der Waals surface area (Å²) >= 11 is 6.37. The highest BCUT2D eigenvalue weighted by Crippen LogP contribution is 2.46. The predicted octanol–water partition coefficient (Wildman–Crippen LogP) is 5.34. The van der Waals surface area contributed by atoms with Gasteiger partial charge in [0.05, 0.1) is 6.61 Å². The molecule has 5 unspecified atom stereocenters. The molecule has 0 radical (unpaired) electrons. The fourth-order valence-corrected chi connectivity index (χ4v) is 4.89. The number of nitrogens with one attached hydrogen (secondary N) is 1. The minimum absolute atomic E-state index is 0.402. The van der Waals surface area contributed by atoms with Gasteiger partial charge in [0.25, 0.3) is 0 Å². The Hall–Kier alpha value is -1.81. The summed E-state index contributed by atoms with van der Waals surface area (Å²) in [5.74, 6) is 2.75. The molecule has 4 aliphatic rings. The molecule has 0 aromatic heterocycles. The van der Waals surface area contributed by atoms with Crippen molar-refractivity contribution in [1.29, 1.82) is 0 Å². The molecule has 5 heteroatoms. The Morgan fingerprint density at radius 1 is 1.14 bits per heavy atom. The van der Waals surface area contributed by atoms with Crippen molar-refractivity contribution in [1.82, 2.24) is 5.32 Å². The van der Waals surface area contributed by atoms with Gasteiger partial charge in [0, 0.05) is 5.92 Å². The van der Waals surface area contributed by atoms with Crippen molar-refractivity contribution in [2.24, 2.45) is 33.7 Å². The summed E-state index contributed by atoms with van der Waals surface area (Å²) in [7, 11) is 0. The number of amidine groups is 2. The zero-order valence-electron chi connectivity index (χ0n) is 16.6. The first-order valence-electron chi connectivity index (χ1n) is 10.7. The van der Waals surface area contributed by atoms with Crippen LogP contribution in [0.15, 0.2) is 58.1 Å². The number of nitrogens with zero attached hydrogens (tertiary/aromatic N) is 2. The van der Waals surface area contributed by atoms with Crippen LogP contribution in [0.3, 0.4) is 0 Å². The number of alkyl halides is 1. The molecule has 1 aliphatic heterocycles. The van der Waals surface area contributed by atoms with Crippen LogP contribution in [0.2, 0.25) is 0 Å². The molecule has 28 heavy (non-hydrogen) atoms. The van der Waals surface area contributed by atoms with Gasteiger partial charge in [0.2, 0.25) is 5.62 Å². The largest absolute Gasteiger partial charge is 0.464 e. The topological polar surface area (TPSA) is 46.0 Å². The number of hydrogen-bond acceptors (Lipinski definition) is 4. The lowest BCUT2D eigenvalue weighted by Gasteiger charge is -2.42. The predicted molar refractivity (Wildman–Crippen MR) is 116 cm³/mol. The van der Waals surface area contributed by atoms with Gasteiger partial charge in [-0.05, 0) is 42.6 Å². The fraction of sp³-hybridized carbons (Fsp3) is 0.565. The summed E-state index contributed by atoms with van der Waals surface area (Å²) in [6.07, 6.45) is 23.0. The van der Waals surface area contributed by atoms with E-state index >= 15 is 0 Å². The summed E-state index contributed by atoms with van der Waals surface area (Å²) in [6, 6.07) is 0.412. The highest BCUT2D eigenvalue weighted by molar-refractivity contribution is 6.23. The van der Waals surface area contributed by atoms with Crippen LogP contribution in [-0.4, -0.2) is 24.1 Å². The first-order chi connectivity index (χ1) is 13.8. The van der Waals surface area contributed by atoms with E-state index in [4.69, 9.17) is 21.3 Å². The second-order valence-corrected chi connectivity index (χ2v) is 8.41. The first kappa shape index (κ1) is 19.5. The molecule has 0 fully saturated rings. The van der Waals surface area contributed by atoms with Crippen LogP contribution in [-0.2, 0) is 4.74 Å². The molecular weight excluding hydrogens is 370 g/mol. The van der Waals surface area contributed by atoms with Gasteiger partial charge in [-0.15, -0.1) is 0 Å². The number of aliphatic imine (C=N–C) groups is 2. The number of halogens is 1. The van der Waals surface area contributed by atoms with Crippen LogP contribution in [0.25, 0.3) is 0 Å². The molecule has 4 rings (SSSR count). The molecule has 1 N–H and O–H groups in total. The van der Waals surface area contributed by atoms with E-state index in [0.717, 1.165) is 25.1 Å². The molecule has 3 aliphatic carbocycles. The van der Waals surface area contributed by atoms with Gasteiger partial charge in [-0.1, -0.05) is 80.3 Å². The second-order valence-electron chi connectivity index (χ2n) is 8.00. The van der Waals surface area contributed by atoms with Gasteiger partial charge < -0.3 is 10.1 Å². The number of ether oxygens (including phenoxy) is 1. The Kier molecular flexibility index (Phi) is 6.36. The quantitative estimate of drug-likeness (QED) is 0.283. The van der Waals surface area contributed by atoms with Crippen LogP contribution in [0, 0.1) is 23.7 Å². The standard InChI is InChI=1S/C23H30ClN3O/c1-2-3-4-9-14-28-23-26-21(25-22(24)27-23)20-15-16-10-5-6-11-17(16)18-12-7-8-13-19(18)20/h5-7,10-12,15-19,22H,2-4,8-9,13-14H2,1H3,(H,25,26,27). The number of fused-ring (bicyclic) bond motifs is 3. The summed E-state index contributed by atoms with van der Waals surface area (Å²) in [5, 5.41) is 3.27. The molecule has 4 nitrogen and oxygen atoms in total. The zero-order chi connectivity index (χ0) is 19.3. The lowest BCUT2D eigenvalue weighted by atomic mass is 9.63. The van der Waals surface area contributed by atoms with Crippen molar-refractivity contribution in [3.8, 4) is 0 Å². The Morgan fingerprint density at radius 2 is 2.04 bits per heavy atom. The monoisotopic (exact) mass is 399 g/mol. The van der Waals surface area contributed by atoms with Crippen molar-refractivity contribution < 1.29 is 4.74 Å². The molecule has 0 spiro atoms. The summed E-state index contributed by atoms with van der Waals surface area (Å²) < 4.78 is 5.84. The first-order valence-corrected chi connectivity index (χ1v) is 11.1. The molecule has 0 saturated carbocycles. The maximum absolute atomic E-state index is 6.37. The third-order valence-corrected chi connectivity index (χ3v) is 6.30. The number of hydrogen-bond donors (Lipinski definition) is 1. The van der Waals surface area contributed by atoms with Crippen molar-refractivity contribution >= 4 is 23.5 Å². The van der Waals surface area contributed by atoms with E-state index in [1.54, 1.807) is 0 Å². The van der Waals surface area contributed by atoms with E-state index in [9.17, 15) is 0 Å². The molecule has 150 valence electrons. The van der Waals surface area contributed by atoms with Crippen molar-refractivity contribution in [3.05, 3.63) is 48.1 Å². The normalized spacial score (nSPS) is 33.2. The van der Waals surface area contributed by atoms with Crippen molar-refractivity contribution in [3.63, 3.8) is 0 Å². The zero-order valence-corrected chi connectivity index (χ0v) is 17.3. The minimum Gasteiger partial charge on any atom is -0.464 e. The summed E-state index contributed by atoms with van der Waals surface area (Å²) in [5.41, 5.74) is 0.735. The average Bonchev–Trinajstić information content (AvgIpc) is 2.72. The van der Waals surface area contributed by atoms with Gasteiger partial charge in [0.15, 0.2) is 0 Å². The van der Waals surface area contributed by atoms with Gasteiger partial charge in [-0.3, -0.25) is 0 Å². The van der Waals surface area contributed by atoms with E-state index in [1.165, 1.54) is 24.8 Å². The van der Waals surface area contributed by atoms with Gasteiger partial charge >= 0.3 is 6.02 Å². The Bertz CT molecular complexity index is 749. The Labute approximate surface area is 173 Å². The molecule has 0 bridgehead atoms. The second kappa shape index (κ2) is 9.13. The van der Waals surface area contributed by atoms with Crippen LogP contribution >= 0.6 is 11.6 Å². The van der Waals surface area contributed by atoms with Crippen LogP contribution in [0.4, 0.5) is 0 Å². The molecule has 0 aromatic carbocycles. The third kappa shape index (κ3) is 4.27. The molecule has 0 amide bonds. The van der Waals surface area contributed by atoms with Crippen LogP contribution < -0.4 is 5.32 Å². The van der Waals surface area contributed by atoms with Crippen molar-refractivity contribution in [2.45, 2.75) is 51.1 Å². The SMILES string of the molecule is CCCCCCOC1=NC(Cl)NC(C2=CC3C=CC=CC3C3C=CCCC23)=N1. The van der Waals surface area contributed by atoms with E-state index in [-0.39, 0.29) is 0 Å². The maximum atomic E-state index is 6.37. The lowest BCUT2D eigenvalue weighted by Crippen LogP contribution is -2.43. The number of rotatable bonds is 6. The van der Waals surface area contributed by atoms with E-state index in [0.29, 0.717) is 36.3 Å². The average molecular weight is 400 g/mol. The lowest BCUT2D eigenvalue weighted by molar-refractivity contribution is 0.279. The molecule has 0 aromatic rings. The molecule has 1 heterocycles. The fourth-order valence-electron chi connectivity index (χ4n) is 4.70. The number of allylic oxidation sites excluding steroid dienone is 7. The van der Waals surface area contributed by atoms with E-state index < -0.39 is 5.62 Å². The van der Waals surface area contributed by atoms with E-state index in [1.807, 2.05) is 0 Å². The van der Waals surface area contributed by atoms with Gasteiger partial charge in [-0.2, -0.15) is 9.98 Å².